The lowest BCUT2D eigenvalue weighted by Gasteiger charge is -2.28. The van der Waals surface area contributed by atoms with Gasteiger partial charge >= 0.3 is 0 Å². The number of benzene rings is 2. The van der Waals surface area contributed by atoms with Crippen LogP contribution in [0.3, 0.4) is 0 Å². The fourth-order valence-corrected chi connectivity index (χ4v) is 2.75. The molecule has 0 aliphatic heterocycles. The van der Waals surface area contributed by atoms with E-state index in [1.54, 1.807) is 24.3 Å². The lowest BCUT2D eigenvalue weighted by Crippen LogP contribution is -3.00. The summed E-state index contributed by atoms with van der Waals surface area (Å²) in [5.74, 6) is -0.446. The molecular formula is C21H21IN2O2. The van der Waals surface area contributed by atoms with Gasteiger partial charge in [-0.05, 0) is 16.7 Å². The second-order valence-electron chi connectivity index (χ2n) is 6.00. The Labute approximate surface area is 170 Å². The maximum atomic E-state index is 12.9. The van der Waals surface area contributed by atoms with Crippen molar-refractivity contribution in [3.8, 4) is 0 Å². The summed E-state index contributed by atoms with van der Waals surface area (Å²) in [4.78, 5) is 12.9. The predicted molar refractivity (Wildman–Crippen MR) is 95.3 cm³/mol. The molecule has 0 saturated carbocycles. The lowest BCUT2D eigenvalue weighted by molar-refractivity contribution is -0.671. The molecule has 1 amide bonds. The molecule has 0 saturated heterocycles. The first kappa shape index (κ1) is 20.1. The third kappa shape index (κ3) is 4.28. The highest BCUT2D eigenvalue weighted by Crippen LogP contribution is 2.29. The average Bonchev–Trinajstić information content (AvgIpc) is 2.68. The minimum atomic E-state index is -1.73. The van der Waals surface area contributed by atoms with Crippen LogP contribution in [0.4, 0.5) is 0 Å². The van der Waals surface area contributed by atoms with Crippen LogP contribution in [0.1, 0.15) is 16.7 Å². The summed E-state index contributed by atoms with van der Waals surface area (Å²) in [5.41, 5.74) is 0.313. The Bertz CT molecular complexity index is 797. The highest BCUT2D eigenvalue weighted by molar-refractivity contribution is 5.90. The van der Waals surface area contributed by atoms with Crippen LogP contribution in [0.5, 0.6) is 0 Å². The number of aliphatic hydroxyl groups is 1. The monoisotopic (exact) mass is 460 g/mol. The summed E-state index contributed by atoms with van der Waals surface area (Å²) in [7, 11) is 1.94. The number of nitrogens with one attached hydrogen (secondary N) is 1. The molecule has 0 atom stereocenters. The highest BCUT2D eigenvalue weighted by atomic mass is 127. The van der Waals surface area contributed by atoms with E-state index in [9.17, 15) is 9.90 Å². The number of hydrogen-bond acceptors (Lipinski definition) is 2. The first-order chi connectivity index (χ1) is 12.1. The van der Waals surface area contributed by atoms with Gasteiger partial charge in [-0.2, -0.15) is 0 Å². The van der Waals surface area contributed by atoms with Crippen LogP contribution in [0.25, 0.3) is 0 Å². The first-order valence-corrected chi connectivity index (χ1v) is 8.16. The minimum absolute atomic E-state index is 0. The number of pyridine rings is 1. The summed E-state index contributed by atoms with van der Waals surface area (Å²) < 4.78 is 1.93. The van der Waals surface area contributed by atoms with Crippen molar-refractivity contribution >= 4 is 5.91 Å². The molecule has 2 N–H and O–H groups in total. The molecular weight excluding hydrogens is 439 g/mol. The summed E-state index contributed by atoms with van der Waals surface area (Å²) in [6.45, 7) is 0.349. The second-order valence-corrected chi connectivity index (χ2v) is 6.00. The van der Waals surface area contributed by atoms with Crippen LogP contribution in [0, 0.1) is 0 Å². The van der Waals surface area contributed by atoms with Crippen molar-refractivity contribution in [2.75, 3.05) is 0 Å². The summed E-state index contributed by atoms with van der Waals surface area (Å²) in [6, 6.07) is 21.9. The Balaban J connectivity index is 0.00000243. The zero-order chi connectivity index (χ0) is 17.7. The number of aryl methyl sites for hydroxylation is 1. The van der Waals surface area contributed by atoms with Crippen LogP contribution < -0.4 is 33.9 Å². The third-order valence-electron chi connectivity index (χ3n) is 4.21. The van der Waals surface area contributed by atoms with Crippen molar-refractivity contribution in [2.24, 2.45) is 7.05 Å². The Kier molecular flexibility index (Phi) is 6.88. The van der Waals surface area contributed by atoms with E-state index in [1.807, 2.05) is 72.5 Å². The van der Waals surface area contributed by atoms with Gasteiger partial charge in [0.1, 0.15) is 7.05 Å². The molecule has 0 aliphatic rings. The Morgan fingerprint density at radius 3 is 1.85 bits per heavy atom. The normalized spacial score (nSPS) is 10.7. The smallest absolute Gasteiger partial charge is 0.261 e. The predicted octanol–water partition coefficient (Wildman–Crippen LogP) is -0.933. The van der Waals surface area contributed by atoms with Crippen molar-refractivity contribution in [2.45, 2.75) is 12.1 Å². The van der Waals surface area contributed by atoms with Gasteiger partial charge in [-0.3, -0.25) is 4.79 Å². The third-order valence-corrected chi connectivity index (χ3v) is 4.21. The Morgan fingerprint density at radius 2 is 1.38 bits per heavy atom. The number of amides is 1. The SMILES string of the molecule is C[n+]1ccc(CNC(=O)C(O)(c2ccccc2)c2ccccc2)cc1.[I-]. The van der Waals surface area contributed by atoms with Crippen LogP contribution in [-0.2, 0) is 24.0 Å². The Hall–Kier alpha value is -2.25. The maximum absolute atomic E-state index is 12.9. The van der Waals surface area contributed by atoms with Crippen molar-refractivity contribution in [3.63, 3.8) is 0 Å². The van der Waals surface area contributed by atoms with Crippen molar-refractivity contribution < 1.29 is 38.4 Å². The van der Waals surface area contributed by atoms with Gasteiger partial charge in [0, 0.05) is 18.7 Å². The molecule has 4 nitrogen and oxygen atoms in total. The van der Waals surface area contributed by atoms with E-state index in [2.05, 4.69) is 5.32 Å². The molecule has 3 rings (SSSR count). The minimum Gasteiger partial charge on any atom is -1.00 e. The largest absolute Gasteiger partial charge is 1.00 e. The van der Waals surface area contributed by atoms with E-state index in [-0.39, 0.29) is 24.0 Å². The van der Waals surface area contributed by atoms with Crippen molar-refractivity contribution in [1.82, 2.24) is 5.32 Å². The zero-order valence-electron chi connectivity index (χ0n) is 14.5. The molecule has 0 aliphatic carbocycles. The van der Waals surface area contributed by atoms with Gasteiger partial charge in [0.05, 0.1) is 0 Å². The molecule has 0 fully saturated rings. The molecule has 0 unspecified atom stereocenters. The Morgan fingerprint density at radius 1 is 0.923 bits per heavy atom. The number of carbonyl (C=O) groups is 1. The number of aromatic nitrogens is 1. The molecule has 134 valence electrons. The van der Waals surface area contributed by atoms with Gasteiger partial charge in [-0.15, -0.1) is 0 Å². The van der Waals surface area contributed by atoms with E-state index in [0.29, 0.717) is 17.7 Å². The van der Waals surface area contributed by atoms with E-state index < -0.39 is 11.5 Å². The number of rotatable bonds is 5. The second kappa shape index (κ2) is 8.91. The molecule has 1 aromatic heterocycles. The quantitative estimate of drug-likeness (QED) is 0.382. The van der Waals surface area contributed by atoms with Crippen LogP contribution in [-0.4, -0.2) is 11.0 Å². The van der Waals surface area contributed by atoms with Crippen LogP contribution in [0.2, 0.25) is 0 Å². The maximum Gasteiger partial charge on any atom is 0.261 e. The van der Waals surface area contributed by atoms with Crippen molar-refractivity contribution in [1.29, 1.82) is 0 Å². The first-order valence-electron chi connectivity index (χ1n) is 8.16. The van der Waals surface area contributed by atoms with Gasteiger partial charge in [0.25, 0.3) is 5.91 Å². The van der Waals surface area contributed by atoms with E-state index in [4.69, 9.17) is 0 Å². The summed E-state index contributed by atoms with van der Waals surface area (Å²) >= 11 is 0. The van der Waals surface area contributed by atoms with Gasteiger partial charge in [0.2, 0.25) is 0 Å². The molecule has 26 heavy (non-hydrogen) atoms. The van der Waals surface area contributed by atoms with Crippen LogP contribution >= 0.6 is 0 Å². The molecule has 3 aromatic rings. The molecule has 2 aromatic carbocycles. The van der Waals surface area contributed by atoms with Gasteiger partial charge in [0.15, 0.2) is 18.0 Å². The molecule has 1 heterocycles. The molecule has 0 spiro atoms. The van der Waals surface area contributed by atoms with E-state index in [1.165, 1.54) is 0 Å². The van der Waals surface area contributed by atoms with E-state index >= 15 is 0 Å². The highest BCUT2D eigenvalue weighted by Gasteiger charge is 2.39. The van der Waals surface area contributed by atoms with Gasteiger partial charge in [-0.25, -0.2) is 4.57 Å². The average molecular weight is 460 g/mol. The summed E-state index contributed by atoms with van der Waals surface area (Å²) in [5, 5.41) is 14.2. The fraction of sp³-hybridized carbons (Fsp3) is 0.143. The lowest BCUT2D eigenvalue weighted by atomic mass is 9.85. The summed E-state index contributed by atoms with van der Waals surface area (Å²) in [6.07, 6.45) is 3.84. The molecule has 0 bridgehead atoms. The number of carbonyl (C=O) groups excluding carboxylic acids is 1. The number of halogens is 1. The fourth-order valence-electron chi connectivity index (χ4n) is 2.75. The molecule has 0 radical (unpaired) electrons. The van der Waals surface area contributed by atoms with E-state index in [0.717, 1.165) is 5.56 Å². The molecule has 5 heteroatoms. The standard InChI is InChI=1S/C21H20N2O2.HI/c1-23-14-12-17(13-15-23)16-22-20(24)21(25,18-8-4-2-5-9-18)19-10-6-3-7-11-19;/h2-15,25H,16H2,1H3;1H. The zero-order valence-corrected chi connectivity index (χ0v) is 16.6. The number of hydrogen-bond donors (Lipinski definition) is 2. The topological polar surface area (TPSA) is 53.2 Å². The van der Waals surface area contributed by atoms with Crippen molar-refractivity contribution in [3.05, 3.63) is 102 Å². The number of nitrogens with zero attached hydrogens (tertiary/aromatic N) is 1. The van der Waals surface area contributed by atoms with Crippen LogP contribution in [0.15, 0.2) is 85.2 Å². The van der Waals surface area contributed by atoms with Gasteiger partial charge < -0.3 is 34.4 Å². The van der Waals surface area contributed by atoms with Gasteiger partial charge in [-0.1, -0.05) is 60.7 Å².